The summed E-state index contributed by atoms with van der Waals surface area (Å²) in [5.74, 6) is -0.0956. The minimum absolute atomic E-state index is 0.0956. The minimum Gasteiger partial charge on any atom is -0.394 e. The van der Waals surface area contributed by atoms with Crippen LogP contribution in [0.4, 0.5) is 0 Å². The standard InChI is InChI=1S/C32H57NO3/c1-3-5-7-9-11-13-14-15-16-17-18-19-20-22-24-26-28-32(36)33-30(29-34)31(35)27-25-23-21-12-10-8-6-4-2/h10,12-14,16-17,25,27,30-31,34-35H,3-9,11,15,18-24,26,28-29H2,1-2H3,(H,33,36)/b12-10+,14-13-,17-16-,27-25+. The molecule has 0 radical (unpaired) electrons. The zero-order valence-electron chi connectivity index (χ0n) is 23.5. The highest BCUT2D eigenvalue weighted by Gasteiger charge is 2.17. The van der Waals surface area contributed by atoms with Crippen molar-refractivity contribution in [2.24, 2.45) is 0 Å². The molecule has 4 heteroatoms. The van der Waals surface area contributed by atoms with Crippen molar-refractivity contribution < 1.29 is 15.0 Å². The number of hydrogen-bond donors (Lipinski definition) is 3. The number of carbonyl (C=O) groups is 1. The summed E-state index contributed by atoms with van der Waals surface area (Å²) < 4.78 is 0. The fraction of sp³-hybridized carbons (Fsp3) is 0.719. The molecule has 1 amide bonds. The summed E-state index contributed by atoms with van der Waals surface area (Å²) >= 11 is 0. The molecule has 0 rings (SSSR count). The average Bonchev–Trinajstić information content (AvgIpc) is 2.88. The first-order chi connectivity index (χ1) is 17.7. The highest BCUT2D eigenvalue weighted by molar-refractivity contribution is 5.76. The Kier molecular flexibility index (Phi) is 26.6. The van der Waals surface area contributed by atoms with E-state index in [0.717, 1.165) is 51.4 Å². The normalized spacial score (nSPS) is 14.0. The lowest BCUT2D eigenvalue weighted by atomic mass is 10.1. The van der Waals surface area contributed by atoms with Gasteiger partial charge in [0.2, 0.25) is 5.91 Å². The van der Waals surface area contributed by atoms with Gasteiger partial charge < -0.3 is 15.5 Å². The number of aliphatic hydroxyl groups is 2. The quantitative estimate of drug-likeness (QED) is 0.0870. The maximum Gasteiger partial charge on any atom is 0.220 e. The second kappa shape index (κ2) is 27.9. The van der Waals surface area contributed by atoms with E-state index in [9.17, 15) is 15.0 Å². The second-order valence-electron chi connectivity index (χ2n) is 9.80. The predicted octanol–water partition coefficient (Wildman–Crippen LogP) is 8.11. The number of unbranched alkanes of at least 4 members (excludes halogenated alkanes) is 12. The molecule has 2 unspecified atom stereocenters. The monoisotopic (exact) mass is 503 g/mol. The summed E-state index contributed by atoms with van der Waals surface area (Å²) in [5.41, 5.74) is 0. The minimum atomic E-state index is -0.864. The number of aliphatic hydroxyl groups excluding tert-OH is 2. The predicted molar refractivity (Wildman–Crippen MR) is 156 cm³/mol. The first-order valence-electron chi connectivity index (χ1n) is 14.9. The summed E-state index contributed by atoms with van der Waals surface area (Å²) in [6, 6.07) is -0.642. The lowest BCUT2D eigenvalue weighted by Gasteiger charge is -2.19. The third-order valence-corrected chi connectivity index (χ3v) is 6.28. The Morgan fingerprint density at radius 3 is 1.86 bits per heavy atom. The summed E-state index contributed by atoms with van der Waals surface area (Å²) in [4.78, 5) is 12.2. The summed E-state index contributed by atoms with van der Waals surface area (Å²) in [6.07, 6.45) is 36.1. The van der Waals surface area contributed by atoms with Crippen molar-refractivity contribution in [3.8, 4) is 0 Å². The molecule has 36 heavy (non-hydrogen) atoms. The van der Waals surface area contributed by atoms with Gasteiger partial charge in [0.1, 0.15) is 0 Å². The number of nitrogens with one attached hydrogen (secondary N) is 1. The highest BCUT2D eigenvalue weighted by atomic mass is 16.3. The third kappa shape index (κ3) is 24.1. The lowest BCUT2D eigenvalue weighted by Crippen LogP contribution is -2.45. The molecule has 208 valence electrons. The highest BCUT2D eigenvalue weighted by Crippen LogP contribution is 2.09. The van der Waals surface area contributed by atoms with Crippen molar-refractivity contribution in [1.29, 1.82) is 0 Å². The van der Waals surface area contributed by atoms with Gasteiger partial charge in [0.25, 0.3) is 0 Å². The summed E-state index contributed by atoms with van der Waals surface area (Å²) in [5, 5.41) is 22.6. The fourth-order valence-electron chi connectivity index (χ4n) is 3.91. The smallest absolute Gasteiger partial charge is 0.220 e. The largest absolute Gasteiger partial charge is 0.394 e. The molecule has 0 spiro atoms. The van der Waals surface area contributed by atoms with Gasteiger partial charge in [-0.15, -0.1) is 0 Å². The Hall–Kier alpha value is -1.65. The van der Waals surface area contributed by atoms with E-state index in [1.807, 2.05) is 6.08 Å². The van der Waals surface area contributed by atoms with Crippen molar-refractivity contribution in [3.05, 3.63) is 48.6 Å². The molecule has 0 aliphatic heterocycles. The first kappa shape index (κ1) is 34.4. The molecule has 4 nitrogen and oxygen atoms in total. The number of carbonyl (C=O) groups excluding carboxylic acids is 1. The number of hydrogen-bond acceptors (Lipinski definition) is 3. The van der Waals surface area contributed by atoms with Gasteiger partial charge in [0.05, 0.1) is 18.8 Å². The van der Waals surface area contributed by atoms with Crippen LogP contribution in [0.15, 0.2) is 48.6 Å². The Morgan fingerprint density at radius 1 is 0.667 bits per heavy atom. The van der Waals surface area contributed by atoms with Crippen LogP contribution in [-0.4, -0.2) is 34.9 Å². The molecule has 0 heterocycles. The van der Waals surface area contributed by atoms with Crippen LogP contribution in [0.2, 0.25) is 0 Å². The molecule has 0 aromatic rings. The van der Waals surface area contributed by atoms with Crippen LogP contribution >= 0.6 is 0 Å². The van der Waals surface area contributed by atoms with Crippen molar-refractivity contribution in [2.45, 2.75) is 142 Å². The molecule has 3 N–H and O–H groups in total. The molecule has 0 fully saturated rings. The van der Waals surface area contributed by atoms with Crippen LogP contribution in [0.1, 0.15) is 129 Å². The Morgan fingerprint density at radius 2 is 1.19 bits per heavy atom. The summed E-state index contributed by atoms with van der Waals surface area (Å²) in [6.45, 7) is 4.17. The van der Waals surface area contributed by atoms with E-state index >= 15 is 0 Å². The van der Waals surface area contributed by atoms with Crippen LogP contribution in [0.25, 0.3) is 0 Å². The number of amides is 1. The van der Waals surface area contributed by atoms with Gasteiger partial charge in [-0.3, -0.25) is 4.79 Å². The molecule has 0 saturated heterocycles. The molecule has 0 bridgehead atoms. The van der Waals surface area contributed by atoms with E-state index in [-0.39, 0.29) is 12.5 Å². The molecular weight excluding hydrogens is 446 g/mol. The van der Waals surface area contributed by atoms with Crippen molar-refractivity contribution in [3.63, 3.8) is 0 Å². The zero-order valence-corrected chi connectivity index (χ0v) is 23.5. The van der Waals surface area contributed by atoms with Gasteiger partial charge in [-0.1, -0.05) is 114 Å². The number of allylic oxidation sites excluding steroid dienone is 7. The van der Waals surface area contributed by atoms with E-state index in [1.54, 1.807) is 6.08 Å². The van der Waals surface area contributed by atoms with Gasteiger partial charge in [0, 0.05) is 6.42 Å². The third-order valence-electron chi connectivity index (χ3n) is 6.28. The maximum atomic E-state index is 12.2. The van der Waals surface area contributed by atoms with Gasteiger partial charge in [-0.05, 0) is 57.8 Å². The van der Waals surface area contributed by atoms with E-state index < -0.39 is 12.1 Å². The average molecular weight is 504 g/mol. The van der Waals surface area contributed by atoms with Crippen LogP contribution in [0.5, 0.6) is 0 Å². The van der Waals surface area contributed by atoms with Crippen molar-refractivity contribution in [1.82, 2.24) is 5.32 Å². The summed E-state index contributed by atoms with van der Waals surface area (Å²) in [7, 11) is 0. The van der Waals surface area contributed by atoms with E-state index in [2.05, 4.69) is 55.6 Å². The first-order valence-corrected chi connectivity index (χ1v) is 14.9. The van der Waals surface area contributed by atoms with Gasteiger partial charge in [-0.25, -0.2) is 0 Å². The van der Waals surface area contributed by atoms with Gasteiger partial charge >= 0.3 is 0 Å². The molecule has 0 saturated carbocycles. The topological polar surface area (TPSA) is 69.6 Å². The van der Waals surface area contributed by atoms with Crippen LogP contribution in [0.3, 0.4) is 0 Å². The van der Waals surface area contributed by atoms with E-state index in [1.165, 1.54) is 57.8 Å². The van der Waals surface area contributed by atoms with Crippen LogP contribution in [-0.2, 0) is 4.79 Å². The fourth-order valence-corrected chi connectivity index (χ4v) is 3.91. The van der Waals surface area contributed by atoms with Gasteiger partial charge in [0.15, 0.2) is 0 Å². The number of rotatable bonds is 25. The molecule has 0 aromatic heterocycles. The molecule has 2 atom stereocenters. The Labute approximate surface area is 223 Å². The van der Waals surface area contributed by atoms with Gasteiger partial charge in [-0.2, -0.15) is 0 Å². The van der Waals surface area contributed by atoms with Crippen LogP contribution < -0.4 is 5.32 Å². The molecular formula is C32H57NO3. The van der Waals surface area contributed by atoms with Crippen molar-refractivity contribution >= 4 is 5.91 Å². The lowest BCUT2D eigenvalue weighted by molar-refractivity contribution is -0.123. The molecule has 0 aliphatic carbocycles. The Balaban J connectivity index is 3.74. The van der Waals surface area contributed by atoms with Crippen molar-refractivity contribution in [2.75, 3.05) is 6.61 Å². The SMILES string of the molecule is CCCC/C=C/CC/C=C/C(O)C(CO)NC(=O)CCCCCCC/C=C\C/C=C\CCCCCC. The van der Waals surface area contributed by atoms with E-state index in [4.69, 9.17) is 0 Å². The zero-order chi connectivity index (χ0) is 26.5. The van der Waals surface area contributed by atoms with Crippen LogP contribution in [0, 0.1) is 0 Å². The van der Waals surface area contributed by atoms with E-state index in [0.29, 0.717) is 6.42 Å². The Bertz CT molecular complexity index is 594. The maximum absolute atomic E-state index is 12.2. The second-order valence-corrected chi connectivity index (χ2v) is 9.80. The molecule has 0 aromatic carbocycles. The molecule has 0 aliphatic rings.